The van der Waals surface area contributed by atoms with E-state index in [0.29, 0.717) is 5.92 Å². The summed E-state index contributed by atoms with van der Waals surface area (Å²) in [7, 11) is 0. The van der Waals surface area contributed by atoms with Gasteiger partial charge in [-0.1, -0.05) is 51.8 Å². The summed E-state index contributed by atoms with van der Waals surface area (Å²) < 4.78 is 0. The Kier molecular flexibility index (Phi) is 9.59. The van der Waals surface area contributed by atoms with Crippen molar-refractivity contribution in [2.45, 2.75) is 33.6 Å². The van der Waals surface area contributed by atoms with Crippen LogP contribution in [0, 0.1) is 13.5 Å². The normalized spacial score (nSPS) is 16.0. The topological polar surface area (TPSA) is 0 Å². The molecule has 1 unspecified atom stereocenters. The van der Waals surface area contributed by atoms with Crippen LogP contribution in [0.5, 0.6) is 0 Å². The maximum atomic E-state index is 3.40. The number of hydrogen-bond acceptors (Lipinski definition) is 0. The van der Waals surface area contributed by atoms with E-state index < -0.39 is 0 Å². The summed E-state index contributed by atoms with van der Waals surface area (Å²) in [5.74, 6) is 0.492. The predicted molar refractivity (Wildman–Crippen MR) is 64.9 cm³/mol. The van der Waals surface area contributed by atoms with Gasteiger partial charge in [0.25, 0.3) is 0 Å². The molecule has 1 radical (unpaired) electrons. The van der Waals surface area contributed by atoms with Crippen molar-refractivity contribution in [1.29, 1.82) is 0 Å². The minimum atomic E-state index is 0. The van der Waals surface area contributed by atoms with Crippen LogP contribution in [-0.2, 0) is 32.7 Å². The van der Waals surface area contributed by atoms with Crippen LogP contribution in [0.2, 0.25) is 0 Å². The number of rotatable bonds is 0. The summed E-state index contributed by atoms with van der Waals surface area (Å²) in [5, 5.41) is 0. The largest absolute Gasteiger partial charge is 0.358 e. The Hall–Kier alpha value is 0.0639. The van der Waals surface area contributed by atoms with E-state index in [2.05, 4.69) is 44.2 Å². The molecule has 2 rings (SSSR count). The standard InChI is InChI=1S/C11H11.C2H6.CH3.Y/c1-8-7-9(2)11-6-4-3-5-10(8)11;1-2;;/h3-6,8H,1-2H3;1-2H3;1H3;/q-1;;-1;. The summed E-state index contributed by atoms with van der Waals surface area (Å²) >= 11 is 0. The van der Waals surface area contributed by atoms with E-state index in [1.54, 1.807) is 0 Å². The molecule has 0 saturated heterocycles. The molecule has 1 aromatic rings. The number of benzene rings is 1. The van der Waals surface area contributed by atoms with Crippen LogP contribution in [0.3, 0.4) is 0 Å². The van der Waals surface area contributed by atoms with Crippen molar-refractivity contribution in [2.75, 3.05) is 0 Å². The summed E-state index contributed by atoms with van der Waals surface area (Å²) in [4.78, 5) is 0. The molecule has 15 heavy (non-hydrogen) atoms. The molecular formula is C14H20Y-2. The molecule has 0 aliphatic heterocycles. The first-order valence-electron chi connectivity index (χ1n) is 4.98. The van der Waals surface area contributed by atoms with Crippen molar-refractivity contribution in [3.05, 3.63) is 48.9 Å². The van der Waals surface area contributed by atoms with Gasteiger partial charge in [0.1, 0.15) is 0 Å². The average molecular weight is 277 g/mol. The minimum Gasteiger partial charge on any atom is -0.358 e. The van der Waals surface area contributed by atoms with E-state index in [-0.39, 0.29) is 40.1 Å². The van der Waals surface area contributed by atoms with Gasteiger partial charge in [-0.2, -0.15) is 5.56 Å². The minimum absolute atomic E-state index is 0. The summed E-state index contributed by atoms with van der Waals surface area (Å²) in [6.07, 6.45) is 3.40. The maximum absolute atomic E-state index is 3.40. The molecule has 81 valence electrons. The van der Waals surface area contributed by atoms with Crippen molar-refractivity contribution >= 4 is 5.57 Å². The Morgan fingerprint density at radius 2 is 1.67 bits per heavy atom. The van der Waals surface area contributed by atoms with Crippen molar-refractivity contribution < 1.29 is 32.7 Å². The maximum Gasteiger partial charge on any atom is 0 e. The summed E-state index contributed by atoms with van der Waals surface area (Å²) in [6.45, 7) is 8.32. The molecule has 0 spiro atoms. The average Bonchev–Trinajstić information content (AvgIpc) is 2.47. The van der Waals surface area contributed by atoms with Crippen LogP contribution in [0.15, 0.2) is 24.3 Å². The fraction of sp³-hybridized carbons (Fsp3) is 0.357. The van der Waals surface area contributed by atoms with Crippen LogP contribution in [0.25, 0.3) is 5.57 Å². The Labute approximate surface area is 120 Å². The fourth-order valence-electron chi connectivity index (χ4n) is 1.70. The van der Waals surface area contributed by atoms with Gasteiger partial charge in [0.05, 0.1) is 0 Å². The number of allylic oxidation sites excluding steroid dienone is 2. The van der Waals surface area contributed by atoms with Crippen LogP contribution >= 0.6 is 0 Å². The Balaban J connectivity index is 0. The number of hydrogen-bond donors (Lipinski definition) is 0. The van der Waals surface area contributed by atoms with Gasteiger partial charge in [0.15, 0.2) is 0 Å². The van der Waals surface area contributed by atoms with Crippen LogP contribution < -0.4 is 0 Å². The molecular weight excluding hydrogens is 257 g/mol. The van der Waals surface area contributed by atoms with Crippen LogP contribution in [0.1, 0.15) is 44.7 Å². The third-order valence-corrected chi connectivity index (χ3v) is 2.26. The van der Waals surface area contributed by atoms with Gasteiger partial charge in [-0.3, -0.25) is 6.08 Å². The molecule has 0 nitrogen and oxygen atoms in total. The molecule has 0 heterocycles. The third kappa shape index (κ3) is 3.85. The zero-order chi connectivity index (χ0) is 9.84. The van der Waals surface area contributed by atoms with E-state index in [1.807, 2.05) is 13.8 Å². The first-order chi connectivity index (χ1) is 6.29. The molecule has 1 aromatic carbocycles. The van der Waals surface area contributed by atoms with Gasteiger partial charge in [0.2, 0.25) is 0 Å². The molecule has 1 aliphatic rings. The zero-order valence-electron chi connectivity index (χ0n) is 10.5. The van der Waals surface area contributed by atoms with E-state index in [4.69, 9.17) is 0 Å². The quantitative estimate of drug-likeness (QED) is 0.613. The Bertz CT molecular complexity index is 313. The monoisotopic (exact) mass is 277 g/mol. The SMILES string of the molecule is CC.CC1=[C-]C(C)c2ccccc21.[CH3-].[Y]. The molecule has 0 saturated carbocycles. The van der Waals surface area contributed by atoms with Crippen LogP contribution in [-0.4, -0.2) is 0 Å². The van der Waals surface area contributed by atoms with Crippen LogP contribution in [0.4, 0.5) is 0 Å². The second-order valence-corrected chi connectivity index (χ2v) is 3.08. The second kappa shape index (κ2) is 8.24. The first-order valence-corrected chi connectivity index (χ1v) is 4.98. The van der Waals surface area contributed by atoms with Crippen molar-refractivity contribution in [3.63, 3.8) is 0 Å². The summed E-state index contributed by atoms with van der Waals surface area (Å²) in [6, 6.07) is 8.53. The van der Waals surface area contributed by atoms with Gasteiger partial charge in [-0.25, -0.2) is 5.57 Å². The molecule has 0 amide bonds. The van der Waals surface area contributed by atoms with Crippen molar-refractivity contribution in [2.24, 2.45) is 0 Å². The van der Waals surface area contributed by atoms with E-state index in [0.717, 1.165) is 0 Å². The van der Waals surface area contributed by atoms with Gasteiger partial charge in [-0.05, 0) is 0 Å². The van der Waals surface area contributed by atoms with E-state index in [1.165, 1.54) is 16.7 Å². The third-order valence-electron chi connectivity index (χ3n) is 2.26. The van der Waals surface area contributed by atoms with Gasteiger partial charge < -0.3 is 7.43 Å². The molecule has 0 fully saturated rings. The smallest absolute Gasteiger partial charge is 0 e. The predicted octanol–water partition coefficient (Wildman–Crippen LogP) is 4.48. The van der Waals surface area contributed by atoms with Gasteiger partial charge in [0, 0.05) is 32.7 Å². The van der Waals surface area contributed by atoms with Crippen molar-refractivity contribution in [1.82, 2.24) is 0 Å². The molecule has 0 N–H and O–H groups in total. The fourth-order valence-corrected chi connectivity index (χ4v) is 1.70. The summed E-state index contributed by atoms with van der Waals surface area (Å²) in [5.41, 5.74) is 4.10. The van der Waals surface area contributed by atoms with E-state index >= 15 is 0 Å². The van der Waals surface area contributed by atoms with Crippen molar-refractivity contribution in [3.8, 4) is 0 Å². The molecule has 1 atom stereocenters. The second-order valence-electron chi connectivity index (χ2n) is 3.08. The Morgan fingerprint density at radius 1 is 1.13 bits per heavy atom. The zero-order valence-corrected chi connectivity index (χ0v) is 13.3. The first kappa shape index (κ1) is 17.5. The van der Waals surface area contributed by atoms with Gasteiger partial charge in [-0.15, -0.1) is 11.6 Å². The number of fused-ring (bicyclic) bond motifs is 1. The Morgan fingerprint density at radius 3 is 2.20 bits per heavy atom. The van der Waals surface area contributed by atoms with Gasteiger partial charge >= 0.3 is 0 Å². The molecule has 0 aromatic heterocycles. The molecule has 1 aliphatic carbocycles. The van der Waals surface area contributed by atoms with E-state index in [9.17, 15) is 0 Å². The molecule has 1 heteroatoms. The molecule has 0 bridgehead atoms.